The summed E-state index contributed by atoms with van der Waals surface area (Å²) in [5.41, 5.74) is -1.07. The van der Waals surface area contributed by atoms with E-state index in [2.05, 4.69) is 5.32 Å². The molecule has 0 fully saturated rings. The quantitative estimate of drug-likeness (QED) is 0.356. The van der Waals surface area contributed by atoms with Gasteiger partial charge in [0.15, 0.2) is 0 Å². The first-order chi connectivity index (χ1) is 14.2. The fraction of sp³-hybridized carbons (Fsp3) is 0.0455. The second-order valence-corrected chi connectivity index (χ2v) is 6.24. The monoisotopic (exact) mass is 415 g/mol. The molecule has 0 bridgehead atoms. The number of Topliss-reactive ketones (excluding diaryl/α,β-unsaturated/α-hetero) is 2. The van der Waals surface area contributed by atoms with Crippen LogP contribution in [-0.2, 0) is 6.18 Å². The number of para-hydroxylation sites is 1. The van der Waals surface area contributed by atoms with Crippen molar-refractivity contribution in [1.82, 2.24) is 0 Å². The largest absolute Gasteiger partial charge is 0.416 e. The number of nitrogens with one attached hydrogen (secondary N) is 1. The lowest BCUT2D eigenvalue weighted by atomic mass is 10.00. The molecule has 152 valence electrons. The molecule has 0 aliphatic rings. The van der Waals surface area contributed by atoms with Crippen LogP contribution in [0.15, 0.2) is 72.8 Å². The standard InChI is InChI=1S/C22H13F4NO3/c23-16-11-7-13(8-12-16)19(28)20(29)17-3-1-2-4-18(17)27-21(30)14-5-9-15(10-6-14)22(24,25)26/h1-12H,(H,27,30). The van der Waals surface area contributed by atoms with Gasteiger partial charge in [0.05, 0.1) is 11.3 Å². The molecule has 0 unspecified atom stereocenters. The van der Waals surface area contributed by atoms with Gasteiger partial charge in [0.25, 0.3) is 5.91 Å². The maximum Gasteiger partial charge on any atom is 0.416 e. The molecule has 0 radical (unpaired) electrons. The highest BCUT2D eigenvalue weighted by molar-refractivity contribution is 6.50. The van der Waals surface area contributed by atoms with Crippen LogP contribution in [0.2, 0.25) is 0 Å². The topological polar surface area (TPSA) is 63.2 Å². The van der Waals surface area contributed by atoms with E-state index < -0.39 is 35.0 Å². The van der Waals surface area contributed by atoms with Gasteiger partial charge in [-0.3, -0.25) is 14.4 Å². The van der Waals surface area contributed by atoms with Crippen LogP contribution in [0.4, 0.5) is 23.2 Å². The van der Waals surface area contributed by atoms with E-state index in [1.54, 1.807) is 0 Å². The van der Waals surface area contributed by atoms with E-state index >= 15 is 0 Å². The van der Waals surface area contributed by atoms with Gasteiger partial charge in [-0.1, -0.05) is 12.1 Å². The Morgan fingerprint density at radius 3 is 1.87 bits per heavy atom. The Balaban J connectivity index is 1.83. The first kappa shape index (κ1) is 20.9. The minimum absolute atomic E-state index is 0.0165. The zero-order valence-corrected chi connectivity index (χ0v) is 15.2. The van der Waals surface area contributed by atoms with E-state index in [0.29, 0.717) is 0 Å². The van der Waals surface area contributed by atoms with Crippen molar-refractivity contribution in [3.05, 3.63) is 101 Å². The molecule has 0 saturated carbocycles. The summed E-state index contributed by atoms with van der Waals surface area (Å²) in [5, 5.41) is 2.43. The van der Waals surface area contributed by atoms with Crippen LogP contribution in [-0.4, -0.2) is 17.5 Å². The van der Waals surface area contributed by atoms with E-state index in [0.717, 1.165) is 36.4 Å². The molecule has 3 rings (SSSR count). The number of halogens is 4. The van der Waals surface area contributed by atoms with Gasteiger partial charge in [-0.2, -0.15) is 13.2 Å². The fourth-order valence-electron chi connectivity index (χ4n) is 2.65. The lowest BCUT2D eigenvalue weighted by molar-refractivity contribution is -0.137. The molecule has 0 aromatic heterocycles. The molecule has 0 heterocycles. The van der Waals surface area contributed by atoms with E-state index in [1.165, 1.54) is 36.4 Å². The Morgan fingerprint density at radius 2 is 1.27 bits per heavy atom. The second-order valence-electron chi connectivity index (χ2n) is 6.24. The van der Waals surface area contributed by atoms with E-state index in [-0.39, 0.29) is 22.4 Å². The normalized spacial score (nSPS) is 11.1. The van der Waals surface area contributed by atoms with E-state index in [1.807, 2.05) is 0 Å². The zero-order chi connectivity index (χ0) is 21.9. The Kier molecular flexibility index (Phi) is 5.77. The minimum atomic E-state index is -4.53. The molecule has 8 heteroatoms. The number of hydrogen-bond donors (Lipinski definition) is 1. The minimum Gasteiger partial charge on any atom is -0.321 e. The van der Waals surface area contributed by atoms with Gasteiger partial charge in [-0.05, 0) is 60.7 Å². The predicted octanol–water partition coefficient (Wildman–Crippen LogP) is 5.16. The molecule has 1 N–H and O–H groups in total. The maximum atomic E-state index is 13.0. The Labute approximate surface area is 168 Å². The van der Waals surface area contributed by atoms with Crippen molar-refractivity contribution >= 4 is 23.2 Å². The molecule has 3 aromatic carbocycles. The zero-order valence-electron chi connectivity index (χ0n) is 15.2. The molecule has 0 spiro atoms. The summed E-state index contributed by atoms with van der Waals surface area (Å²) >= 11 is 0. The lowest BCUT2D eigenvalue weighted by Crippen LogP contribution is -2.19. The number of benzene rings is 3. The highest BCUT2D eigenvalue weighted by Crippen LogP contribution is 2.29. The van der Waals surface area contributed by atoms with Crippen molar-refractivity contribution in [2.45, 2.75) is 6.18 Å². The average molecular weight is 415 g/mol. The van der Waals surface area contributed by atoms with Gasteiger partial charge >= 0.3 is 6.18 Å². The van der Waals surface area contributed by atoms with Crippen LogP contribution in [0.25, 0.3) is 0 Å². The third kappa shape index (κ3) is 4.60. The first-order valence-corrected chi connectivity index (χ1v) is 8.59. The predicted molar refractivity (Wildman–Crippen MR) is 101 cm³/mol. The summed E-state index contributed by atoms with van der Waals surface area (Å²) < 4.78 is 51.0. The summed E-state index contributed by atoms with van der Waals surface area (Å²) in [6, 6.07) is 13.7. The molecule has 0 saturated heterocycles. The number of carbonyl (C=O) groups excluding carboxylic acids is 3. The lowest BCUT2D eigenvalue weighted by Gasteiger charge is -2.11. The Morgan fingerprint density at radius 1 is 0.700 bits per heavy atom. The third-order valence-corrected chi connectivity index (χ3v) is 4.21. The Hall–Kier alpha value is -3.81. The first-order valence-electron chi connectivity index (χ1n) is 8.59. The fourth-order valence-corrected chi connectivity index (χ4v) is 2.65. The van der Waals surface area contributed by atoms with Crippen molar-refractivity contribution in [3.8, 4) is 0 Å². The summed E-state index contributed by atoms with van der Waals surface area (Å²) in [5.74, 6) is -3.14. The number of alkyl halides is 3. The molecule has 0 aliphatic heterocycles. The van der Waals surface area contributed by atoms with Crippen molar-refractivity contribution in [2.24, 2.45) is 0 Å². The SMILES string of the molecule is O=C(Nc1ccccc1C(=O)C(=O)c1ccc(F)cc1)c1ccc(C(F)(F)F)cc1. The summed E-state index contributed by atoms with van der Waals surface area (Å²) in [4.78, 5) is 37.4. The number of ketones is 2. The maximum absolute atomic E-state index is 13.0. The van der Waals surface area contributed by atoms with Crippen molar-refractivity contribution in [3.63, 3.8) is 0 Å². The summed E-state index contributed by atoms with van der Waals surface area (Å²) in [7, 11) is 0. The summed E-state index contributed by atoms with van der Waals surface area (Å²) in [6.07, 6.45) is -4.53. The van der Waals surface area contributed by atoms with Gasteiger partial charge in [-0.15, -0.1) is 0 Å². The average Bonchev–Trinajstić information content (AvgIpc) is 2.73. The van der Waals surface area contributed by atoms with Gasteiger partial charge in [-0.25, -0.2) is 4.39 Å². The van der Waals surface area contributed by atoms with Crippen molar-refractivity contribution in [1.29, 1.82) is 0 Å². The number of rotatable bonds is 5. The van der Waals surface area contributed by atoms with E-state index in [4.69, 9.17) is 0 Å². The van der Waals surface area contributed by atoms with Gasteiger partial charge in [0.2, 0.25) is 11.6 Å². The van der Waals surface area contributed by atoms with Crippen LogP contribution in [0.5, 0.6) is 0 Å². The van der Waals surface area contributed by atoms with Crippen LogP contribution in [0.1, 0.15) is 36.6 Å². The molecule has 0 aliphatic carbocycles. The number of carbonyl (C=O) groups is 3. The number of anilines is 1. The molecule has 0 atom stereocenters. The molecule has 1 amide bonds. The van der Waals surface area contributed by atoms with Crippen molar-refractivity contribution < 1.29 is 31.9 Å². The van der Waals surface area contributed by atoms with Gasteiger partial charge < -0.3 is 5.32 Å². The second kappa shape index (κ2) is 8.28. The Bertz CT molecular complexity index is 1100. The van der Waals surface area contributed by atoms with Crippen LogP contribution < -0.4 is 5.32 Å². The highest BCUT2D eigenvalue weighted by Gasteiger charge is 2.30. The highest BCUT2D eigenvalue weighted by atomic mass is 19.4. The van der Waals surface area contributed by atoms with Crippen LogP contribution >= 0.6 is 0 Å². The van der Waals surface area contributed by atoms with Crippen molar-refractivity contribution in [2.75, 3.05) is 5.32 Å². The van der Waals surface area contributed by atoms with Gasteiger partial charge in [0, 0.05) is 16.7 Å². The molecular weight excluding hydrogens is 402 g/mol. The molecular formula is C22H13F4NO3. The van der Waals surface area contributed by atoms with Crippen LogP contribution in [0.3, 0.4) is 0 Å². The molecule has 4 nitrogen and oxygen atoms in total. The van der Waals surface area contributed by atoms with Crippen LogP contribution in [0, 0.1) is 5.82 Å². The van der Waals surface area contributed by atoms with Gasteiger partial charge in [0.1, 0.15) is 5.82 Å². The summed E-state index contributed by atoms with van der Waals surface area (Å²) in [6.45, 7) is 0. The number of hydrogen-bond acceptors (Lipinski definition) is 3. The molecule has 3 aromatic rings. The smallest absolute Gasteiger partial charge is 0.321 e. The third-order valence-electron chi connectivity index (χ3n) is 4.21. The molecule has 30 heavy (non-hydrogen) atoms. The van der Waals surface area contributed by atoms with E-state index in [9.17, 15) is 31.9 Å². The number of amides is 1.